The van der Waals surface area contributed by atoms with Gasteiger partial charge in [0, 0.05) is 11.7 Å². The maximum absolute atomic E-state index is 12.0. The highest BCUT2D eigenvalue weighted by atomic mass is 35.5. The topological polar surface area (TPSA) is 84.2 Å². The number of carbonyl (C=O) groups is 2. The molecular weight excluding hydrogens is 302 g/mol. The molecule has 2 unspecified atom stereocenters. The van der Waals surface area contributed by atoms with Crippen molar-refractivity contribution in [3.05, 3.63) is 28.8 Å². The van der Waals surface area contributed by atoms with E-state index in [2.05, 4.69) is 17.6 Å². The summed E-state index contributed by atoms with van der Waals surface area (Å²) in [6.45, 7) is 2.33. The number of hydrogen-bond donors (Lipinski definition) is 3. The Kier molecular flexibility index (Phi) is 5.66. The van der Waals surface area contributed by atoms with E-state index in [1.165, 1.54) is 12.8 Å². The fourth-order valence-corrected chi connectivity index (χ4v) is 3.01. The highest BCUT2D eigenvalue weighted by Crippen LogP contribution is 2.23. The van der Waals surface area contributed by atoms with Gasteiger partial charge in [-0.05, 0) is 37.0 Å². The monoisotopic (exact) mass is 323 g/mol. The lowest BCUT2D eigenvalue weighted by Crippen LogP contribution is -2.43. The van der Waals surface area contributed by atoms with E-state index in [1.54, 1.807) is 18.2 Å². The van der Waals surface area contributed by atoms with Crippen LogP contribution in [-0.2, 0) is 4.79 Å². The van der Waals surface area contributed by atoms with Crippen molar-refractivity contribution in [3.63, 3.8) is 0 Å². The smallest absolute Gasteiger partial charge is 0.250 e. The van der Waals surface area contributed by atoms with E-state index >= 15 is 0 Å². The maximum atomic E-state index is 12.0. The maximum Gasteiger partial charge on any atom is 0.250 e. The molecular formula is C16H22ClN3O2. The van der Waals surface area contributed by atoms with Crippen LogP contribution in [0.4, 0.5) is 5.69 Å². The first-order valence-electron chi connectivity index (χ1n) is 7.60. The molecule has 120 valence electrons. The third kappa shape index (κ3) is 4.37. The first-order chi connectivity index (χ1) is 10.5. The largest absolute Gasteiger partial charge is 0.376 e. The molecule has 0 aliphatic heterocycles. The van der Waals surface area contributed by atoms with E-state index in [1.807, 2.05) is 0 Å². The van der Waals surface area contributed by atoms with E-state index in [0.717, 1.165) is 12.8 Å². The van der Waals surface area contributed by atoms with Crippen molar-refractivity contribution in [1.29, 1.82) is 0 Å². The summed E-state index contributed by atoms with van der Waals surface area (Å²) in [6.07, 6.45) is 4.62. The van der Waals surface area contributed by atoms with Crippen molar-refractivity contribution in [2.24, 2.45) is 11.7 Å². The van der Waals surface area contributed by atoms with Crippen LogP contribution in [0.1, 0.15) is 43.0 Å². The van der Waals surface area contributed by atoms with Crippen LogP contribution in [0, 0.1) is 5.92 Å². The summed E-state index contributed by atoms with van der Waals surface area (Å²) in [5.41, 5.74) is 6.13. The molecule has 0 heterocycles. The Hall–Kier alpha value is -1.75. The van der Waals surface area contributed by atoms with Gasteiger partial charge in [0.05, 0.1) is 17.1 Å². The minimum atomic E-state index is -0.589. The lowest BCUT2D eigenvalue weighted by Gasteiger charge is -2.29. The number of amides is 2. The van der Waals surface area contributed by atoms with Gasteiger partial charge in [0.15, 0.2) is 0 Å². The van der Waals surface area contributed by atoms with Gasteiger partial charge in [0.2, 0.25) is 11.8 Å². The summed E-state index contributed by atoms with van der Waals surface area (Å²) >= 11 is 5.89. The fraction of sp³-hybridized carbons (Fsp3) is 0.500. The van der Waals surface area contributed by atoms with Crippen molar-refractivity contribution in [2.45, 2.75) is 38.6 Å². The molecule has 4 N–H and O–H groups in total. The van der Waals surface area contributed by atoms with Crippen LogP contribution >= 0.6 is 11.6 Å². The zero-order valence-corrected chi connectivity index (χ0v) is 13.5. The van der Waals surface area contributed by atoms with E-state index in [-0.39, 0.29) is 24.1 Å². The highest BCUT2D eigenvalue weighted by Gasteiger charge is 2.22. The molecule has 1 fully saturated rings. The third-order valence-corrected chi connectivity index (χ3v) is 4.47. The van der Waals surface area contributed by atoms with Gasteiger partial charge in [-0.25, -0.2) is 0 Å². The summed E-state index contributed by atoms with van der Waals surface area (Å²) in [5, 5.41) is 6.37. The number of primary amides is 1. The Morgan fingerprint density at radius 2 is 2.05 bits per heavy atom. The van der Waals surface area contributed by atoms with Gasteiger partial charge in [-0.1, -0.05) is 31.4 Å². The molecule has 1 aliphatic carbocycles. The Balaban J connectivity index is 1.88. The van der Waals surface area contributed by atoms with Crippen LogP contribution in [-0.4, -0.2) is 24.4 Å². The Labute approximate surface area is 135 Å². The molecule has 1 saturated carbocycles. The third-order valence-electron chi connectivity index (χ3n) is 4.14. The first kappa shape index (κ1) is 16.6. The van der Waals surface area contributed by atoms with Gasteiger partial charge in [-0.2, -0.15) is 0 Å². The highest BCUT2D eigenvalue weighted by molar-refractivity contribution is 6.33. The molecule has 1 aromatic rings. The van der Waals surface area contributed by atoms with Crippen molar-refractivity contribution < 1.29 is 9.59 Å². The standard InChI is InChI=1S/C16H22ClN3O2/c1-10-4-2-3-5-14(10)20-15(21)9-19-11-6-7-13(17)12(8-11)16(18)22/h6-8,10,14,19H,2-5,9H2,1H3,(H2,18,22)(H,20,21). The molecule has 5 nitrogen and oxygen atoms in total. The number of carbonyl (C=O) groups excluding carboxylic acids is 2. The van der Waals surface area contributed by atoms with Gasteiger partial charge in [-0.15, -0.1) is 0 Å². The van der Waals surface area contributed by atoms with Crippen LogP contribution in [0.3, 0.4) is 0 Å². The van der Waals surface area contributed by atoms with Crippen molar-refractivity contribution in [2.75, 3.05) is 11.9 Å². The average Bonchev–Trinajstić information content (AvgIpc) is 2.48. The van der Waals surface area contributed by atoms with Crippen molar-refractivity contribution >= 4 is 29.1 Å². The molecule has 1 aromatic carbocycles. The SMILES string of the molecule is CC1CCCCC1NC(=O)CNc1ccc(Cl)c(C(N)=O)c1. The number of nitrogens with two attached hydrogens (primary N) is 1. The molecule has 2 atom stereocenters. The Bertz CT molecular complexity index is 562. The second kappa shape index (κ2) is 7.49. The van der Waals surface area contributed by atoms with E-state index in [4.69, 9.17) is 17.3 Å². The van der Waals surface area contributed by atoms with Gasteiger partial charge < -0.3 is 16.4 Å². The van der Waals surface area contributed by atoms with Crippen molar-refractivity contribution in [1.82, 2.24) is 5.32 Å². The Morgan fingerprint density at radius 3 is 2.73 bits per heavy atom. The van der Waals surface area contributed by atoms with Crippen LogP contribution in [0.15, 0.2) is 18.2 Å². The van der Waals surface area contributed by atoms with Crippen LogP contribution < -0.4 is 16.4 Å². The van der Waals surface area contributed by atoms with Gasteiger partial charge >= 0.3 is 0 Å². The average molecular weight is 324 g/mol. The van der Waals surface area contributed by atoms with E-state index < -0.39 is 5.91 Å². The number of nitrogens with one attached hydrogen (secondary N) is 2. The quantitative estimate of drug-likeness (QED) is 0.778. The predicted octanol–water partition coefficient (Wildman–Crippen LogP) is 2.55. The molecule has 22 heavy (non-hydrogen) atoms. The molecule has 0 bridgehead atoms. The second-order valence-corrected chi connectivity index (χ2v) is 6.26. The molecule has 0 saturated heterocycles. The number of halogens is 1. The summed E-state index contributed by atoms with van der Waals surface area (Å²) in [6, 6.07) is 5.12. The molecule has 1 aliphatic rings. The normalized spacial score (nSPS) is 21.2. The van der Waals surface area contributed by atoms with Gasteiger partial charge in [-0.3, -0.25) is 9.59 Å². The molecule has 0 spiro atoms. The summed E-state index contributed by atoms with van der Waals surface area (Å²) in [7, 11) is 0. The molecule has 6 heteroatoms. The van der Waals surface area contributed by atoms with Crippen molar-refractivity contribution in [3.8, 4) is 0 Å². The zero-order chi connectivity index (χ0) is 16.1. The first-order valence-corrected chi connectivity index (χ1v) is 7.97. The number of benzene rings is 1. The van der Waals surface area contributed by atoms with Gasteiger partial charge in [0.1, 0.15) is 0 Å². The number of anilines is 1. The molecule has 0 radical (unpaired) electrons. The zero-order valence-electron chi connectivity index (χ0n) is 12.7. The molecule has 2 amide bonds. The van der Waals surface area contributed by atoms with E-state index in [0.29, 0.717) is 16.6 Å². The lowest BCUT2D eigenvalue weighted by molar-refractivity contribution is -0.120. The second-order valence-electron chi connectivity index (χ2n) is 5.85. The van der Waals surface area contributed by atoms with Crippen LogP contribution in [0.2, 0.25) is 5.02 Å². The lowest BCUT2D eigenvalue weighted by atomic mass is 9.86. The summed E-state index contributed by atoms with van der Waals surface area (Å²) in [4.78, 5) is 23.3. The number of hydrogen-bond acceptors (Lipinski definition) is 3. The molecule has 2 rings (SSSR count). The predicted molar refractivity (Wildman–Crippen MR) is 88.0 cm³/mol. The Morgan fingerprint density at radius 1 is 1.32 bits per heavy atom. The summed E-state index contributed by atoms with van der Waals surface area (Å²) < 4.78 is 0. The fourth-order valence-electron chi connectivity index (χ4n) is 2.79. The minimum absolute atomic E-state index is 0.0469. The van der Waals surface area contributed by atoms with Crippen LogP contribution in [0.25, 0.3) is 0 Å². The van der Waals surface area contributed by atoms with Gasteiger partial charge in [0.25, 0.3) is 0 Å². The van der Waals surface area contributed by atoms with Crippen LogP contribution in [0.5, 0.6) is 0 Å². The summed E-state index contributed by atoms with van der Waals surface area (Å²) in [5.74, 6) is -0.113. The molecule has 0 aromatic heterocycles. The van der Waals surface area contributed by atoms with E-state index in [9.17, 15) is 9.59 Å². The number of rotatable bonds is 5. The minimum Gasteiger partial charge on any atom is -0.376 e.